The normalized spacial score (nSPS) is 17.3. The molecule has 1 atom stereocenters. The van der Waals surface area contributed by atoms with Gasteiger partial charge in [-0.1, -0.05) is 30.7 Å². The van der Waals surface area contributed by atoms with Crippen molar-refractivity contribution in [3.8, 4) is 5.75 Å². The lowest BCUT2D eigenvalue weighted by Crippen LogP contribution is -2.35. The maximum absolute atomic E-state index is 12.5. The number of nitrogens with two attached hydrogens (primary N) is 1. The van der Waals surface area contributed by atoms with Gasteiger partial charge < -0.3 is 15.4 Å². The lowest BCUT2D eigenvalue weighted by Gasteiger charge is -2.23. The fourth-order valence-corrected chi connectivity index (χ4v) is 2.58. The Balaban J connectivity index is 2.07. The number of halogens is 1. The summed E-state index contributed by atoms with van der Waals surface area (Å²) in [5.74, 6) is 0.593. The topological polar surface area (TPSA) is 55.6 Å². The summed E-state index contributed by atoms with van der Waals surface area (Å²) < 4.78 is 5.53. The molecule has 0 aromatic heterocycles. The zero-order valence-corrected chi connectivity index (χ0v) is 13.0. The van der Waals surface area contributed by atoms with Crippen molar-refractivity contribution in [2.24, 2.45) is 5.73 Å². The molecule has 1 aliphatic rings. The highest BCUT2D eigenvalue weighted by molar-refractivity contribution is 6.32. The molecule has 1 aromatic rings. The van der Waals surface area contributed by atoms with Gasteiger partial charge in [-0.2, -0.15) is 0 Å². The zero-order chi connectivity index (χ0) is 15.2. The number of nitrogens with zero attached hydrogens (tertiary/aromatic N) is 1. The van der Waals surface area contributed by atoms with Gasteiger partial charge in [0.05, 0.1) is 17.7 Å². The van der Waals surface area contributed by atoms with Crippen LogP contribution in [0, 0.1) is 0 Å². The quantitative estimate of drug-likeness (QED) is 0.649. The number of carbonyl (C=O) groups excluding carboxylic acids is 1. The molecule has 5 heteroatoms. The van der Waals surface area contributed by atoms with Crippen LogP contribution in [0.25, 0.3) is 0 Å². The Labute approximate surface area is 130 Å². The molecule has 0 unspecified atom stereocenters. The van der Waals surface area contributed by atoms with E-state index in [1.54, 1.807) is 18.2 Å². The van der Waals surface area contributed by atoms with Gasteiger partial charge in [0, 0.05) is 12.1 Å². The Bertz CT molecular complexity index is 531. The summed E-state index contributed by atoms with van der Waals surface area (Å²) in [5, 5.41) is 0.457. The number of hydrogen-bond donors (Lipinski definition) is 1. The molecule has 0 fully saturated rings. The lowest BCUT2D eigenvalue weighted by molar-refractivity contribution is 0.0747. The van der Waals surface area contributed by atoms with Crippen LogP contribution in [0.3, 0.4) is 0 Å². The Hall–Kier alpha value is -1.52. The van der Waals surface area contributed by atoms with Crippen LogP contribution in [-0.2, 0) is 0 Å². The first-order valence-electron chi connectivity index (χ1n) is 7.27. The molecule has 1 heterocycles. The molecule has 1 amide bonds. The molecule has 0 saturated carbocycles. The third-order valence-corrected chi connectivity index (χ3v) is 3.82. The Morgan fingerprint density at radius 2 is 2.33 bits per heavy atom. The molecule has 1 aromatic carbocycles. The molecule has 4 nitrogen and oxygen atoms in total. The highest BCUT2D eigenvalue weighted by Gasteiger charge is 2.24. The molecule has 0 radical (unpaired) electrons. The van der Waals surface area contributed by atoms with Gasteiger partial charge in [0.1, 0.15) is 5.75 Å². The SMILES string of the molecule is CC[C@@H]1C=CCN1C(=O)c1ccc(OCCCN)c(Cl)c1. The molecule has 2 rings (SSSR count). The van der Waals surface area contributed by atoms with Gasteiger partial charge in [-0.15, -0.1) is 0 Å². The highest BCUT2D eigenvalue weighted by Crippen LogP contribution is 2.27. The van der Waals surface area contributed by atoms with E-state index in [4.69, 9.17) is 22.1 Å². The van der Waals surface area contributed by atoms with E-state index in [0.717, 1.165) is 12.8 Å². The average molecular weight is 309 g/mol. The second kappa shape index (κ2) is 7.48. The number of benzene rings is 1. The van der Waals surface area contributed by atoms with Gasteiger partial charge in [-0.05, 0) is 37.6 Å². The monoisotopic (exact) mass is 308 g/mol. The fourth-order valence-electron chi connectivity index (χ4n) is 2.34. The maximum atomic E-state index is 12.5. The van der Waals surface area contributed by atoms with E-state index >= 15 is 0 Å². The van der Waals surface area contributed by atoms with Crippen LogP contribution in [0.5, 0.6) is 5.75 Å². The second-order valence-corrected chi connectivity index (χ2v) is 5.40. The highest BCUT2D eigenvalue weighted by atomic mass is 35.5. The molecule has 0 spiro atoms. The number of hydrogen-bond acceptors (Lipinski definition) is 3. The molecule has 114 valence electrons. The number of rotatable bonds is 6. The summed E-state index contributed by atoms with van der Waals surface area (Å²) in [5.41, 5.74) is 6.01. The fraction of sp³-hybridized carbons (Fsp3) is 0.438. The van der Waals surface area contributed by atoms with Crippen LogP contribution in [0.1, 0.15) is 30.1 Å². The summed E-state index contributed by atoms with van der Waals surface area (Å²) in [6, 6.07) is 5.36. The van der Waals surface area contributed by atoms with E-state index in [0.29, 0.717) is 36.0 Å². The van der Waals surface area contributed by atoms with Crippen LogP contribution in [-0.4, -0.2) is 36.5 Å². The first kappa shape index (κ1) is 15.9. The van der Waals surface area contributed by atoms with Crippen LogP contribution in [0.4, 0.5) is 0 Å². The molecule has 2 N–H and O–H groups in total. The Kier molecular flexibility index (Phi) is 5.65. The molecule has 21 heavy (non-hydrogen) atoms. The van der Waals surface area contributed by atoms with Crippen LogP contribution >= 0.6 is 11.6 Å². The minimum absolute atomic E-state index is 0.00209. The summed E-state index contributed by atoms with van der Waals surface area (Å²) in [4.78, 5) is 14.4. The van der Waals surface area contributed by atoms with Crippen molar-refractivity contribution < 1.29 is 9.53 Å². The lowest BCUT2D eigenvalue weighted by atomic mass is 10.1. The van der Waals surface area contributed by atoms with Crippen LogP contribution in [0.15, 0.2) is 30.4 Å². The van der Waals surface area contributed by atoms with E-state index in [2.05, 4.69) is 13.0 Å². The van der Waals surface area contributed by atoms with Crippen molar-refractivity contribution in [3.63, 3.8) is 0 Å². The van der Waals surface area contributed by atoms with Gasteiger partial charge in [0.25, 0.3) is 5.91 Å². The molecule has 1 aliphatic heterocycles. The van der Waals surface area contributed by atoms with Crippen molar-refractivity contribution >= 4 is 17.5 Å². The first-order valence-corrected chi connectivity index (χ1v) is 7.65. The summed E-state index contributed by atoms with van der Waals surface area (Å²) in [6.07, 6.45) is 5.78. The Morgan fingerprint density at radius 1 is 1.52 bits per heavy atom. The third kappa shape index (κ3) is 3.77. The van der Waals surface area contributed by atoms with E-state index in [1.807, 2.05) is 11.0 Å². The zero-order valence-electron chi connectivity index (χ0n) is 12.2. The number of ether oxygens (including phenoxy) is 1. The van der Waals surface area contributed by atoms with Crippen molar-refractivity contribution in [2.45, 2.75) is 25.8 Å². The molecule has 0 bridgehead atoms. The predicted octanol–water partition coefficient (Wildman–Crippen LogP) is 2.86. The van der Waals surface area contributed by atoms with Crippen molar-refractivity contribution in [1.82, 2.24) is 4.90 Å². The van der Waals surface area contributed by atoms with Gasteiger partial charge >= 0.3 is 0 Å². The van der Waals surface area contributed by atoms with Gasteiger partial charge in [0.2, 0.25) is 0 Å². The Morgan fingerprint density at radius 3 is 3.00 bits per heavy atom. The molecular formula is C16H21ClN2O2. The summed E-state index contributed by atoms with van der Waals surface area (Å²) in [6.45, 7) is 3.83. The van der Waals surface area contributed by atoms with E-state index in [-0.39, 0.29) is 11.9 Å². The largest absolute Gasteiger partial charge is 0.492 e. The third-order valence-electron chi connectivity index (χ3n) is 3.52. The molecular weight excluding hydrogens is 288 g/mol. The molecule has 0 saturated heterocycles. The van der Waals surface area contributed by atoms with Crippen LogP contribution < -0.4 is 10.5 Å². The van der Waals surface area contributed by atoms with Crippen molar-refractivity contribution in [3.05, 3.63) is 40.9 Å². The predicted molar refractivity (Wildman–Crippen MR) is 84.9 cm³/mol. The van der Waals surface area contributed by atoms with E-state index in [9.17, 15) is 4.79 Å². The second-order valence-electron chi connectivity index (χ2n) is 5.00. The van der Waals surface area contributed by atoms with Gasteiger partial charge in [-0.3, -0.25) is 4.79 Å². The minimum Gasteiger partial charge on any atom is -0.492 e. The summed E-state index contributed by atoms with van der Waals surface area (Å²) >= 11 is 6.19. The van der Waals surface area contributed by atoms with Gasteiger partial charge in [0.15, 0.2) is 0 Å². The smallest absolute Gasteiger partial charge is 0.254 e. The molecule has 0 aliphatic carbocycles. The summed E-state index contributed by atoms with van der Waals surface area (Å²) in [7, 11) is 0. The average Bonchev–Trinajstić information content (AvgIpc) is 2.96. The standard InChI is InChI=1S/C16H21ClN2O2/c1-2-13-5-3-9-19(13)16(20)12-6-7-15(14(17)11-12)21-10-4-8-18/h3,5-7,11,13H,2,4,8-10,18H2,1H3/t13-/m1/s1. The number of carbonyl (C=O) groups is 1. The van der Waals surface area contributed by atoms with Crippen molar-refractivity contribution in [2.75, 3.05) is 19.7 Å². The minimum atomic E-state index is 0.00209. The van der Waals surface area contributed by atoms with Gasteiger partial charge in [-0.25, -0.2) is 0 Å². The van der Waals surface area contributed by atoms with E-state index in [1.165, 1.54) is 0 Å². The number of amides is 1. The maximum Gasteiger partial charge on any atom is 0.254 e. The van der Waals surface area contributed by atoms with Crippen molar-refractivity contribution in [1.29, 1.82) is 0 Å². The first-order chi connectivity index (χ1) is 10.2. The van der Waals surface area contributed by atoms with E-state index < -0.39 is 0 Å². The van der Waals surface area contributed by atoms with Crippen LogP contribution in [0.2, 0.25) is 5.02 Å².